The Labute approximate surface area is 126 Å². The van der Waals surface area contributed by atoms with Gasteiger partial charge in [-0.3, -0.25) is 0 Å². The van der Waals surface area contributed by atoms with Crippen molar-refractivity contribution in [3.05, 3.63) is 53.3 Å². The first-order chi connectivity index (χ1) is 9.95. The number of rotatable bonds is 3. The highest BCUT2D eigenvalue weighted by atomic mass is 35.5. The van der Waals surface area contributed by atoms with Gasteiger partial charge >= 0.3 is 0 Å². The third-order valence-corrected chi connectivity index (χ3v) is 5.17. The summed E-state index contributed by atoms with van der Waals surface area (Å²) in [7, 11) is -3.56. The average Bonchev–Trinajstić information content (AvgIpc) is 2.79. The Morgan fingerprint density at radius 2 is 1.95 bits per heavy atom. The van der Waals surface area contributed by atoms with Crippen LogP contribution in [0, 0.1) is 0 Å². The van der Waals surface area contributed by atoms with Crippen LogP contribution in [-0.2, 0) is 15.6 Å². The quantitative estimate of drug-likeness (QED) is 0.726. The van der Waals surface area contributed by atoms with Crippen molar-refractivity contribution in [1.82, 2.24) is 9.97 Å². The van der Waals surface area contributed by atoms with Crippen LogP contribution in [0.4, 0.5) is 5.69 Å². The number of aromatic amines is 1. The molecule has 0 unspecified atom stereocenters. The number of hydrogen-bond acceptors (Lipinski definition) is 4. The number of nitrogens with zero attached hydrogens (tertiary/aromatic N) is 1. The maximum absolute atomic E-state index is 12.4. The van der Waals surface area contributed by atoms with E-state index in [1.807, 2.05) is 0 Å². The van der Waals surface area contributed by atoms with Crippen molar-refractivity contribution < 1.29 is 8.42 Å². The molecule has 0 bridgehead atoms. The summed E-state index contributed by atoms with van der Waals surface area (Å²) in [5, 5.41) is 0.206. The fourth-order valence-corrected chi connectivity index (χ4v) is 3.89. The van der Waals surface area contributed by atoms with E-state index in [-0.39, 0.29) is 15.7 Å². The standard InChI is InChI=1S/C14H12ClN3O2S/c15-10-3-1-2-4-13(10)21(19,20)8-14-17-11-6-5-9(16)7-12(11)18-14/h1-7H,8,16H2,(H,17,18). The van der Waals surface area contributed by atoms with Crippen LogP contribution in [0.5, 0.6) is 0 Å². The molecule has 7 heteroatoms. The highest BCUT2D eigenvalue weighted by molar-refractivity contribution is 7.90. The molecule has 3 N–H and O–H groups in total. The van der Waals surface area contributed by atoms with Crippen molar-refractivity contribution in [2.24, 2.45) is 0 Å². The fourth-order valence-electron chi connectivity index (χ4n) is 2.10. The Hall–Kier alpha value is -2.05. The molecular weight excluding hydrogens is 310 g/mol. The summed E-state index contributed by atoms with van der Waals surface area (Å²) in [6, 6.07) is 11.5. The molecule has 1 heterocycles. The highest BCUT2D eigenvalue weighted by Gasteiger charge is 2.20. The van der Waals surface area contributed by atoms with Gasteiger partial charge in [-0.25, -0.2) is 13.4 Å². The number of H-pyrrole nitrogens is 1. The summed E-state index contributed by atoms with van der Waals surface area (Å²) < 4.78 is 24.8. The summed E-state index contributed by atoms with van der Waals surface area (Å²) in [5.41, 5.74) is 7.66. The van der Waals surface area contributed by atoms with Gasteiger partial charge in [0.1, 0.15) is 11.6 Å². The van der Waals surface area contributed by atoms with E-state index in [0.29, 0.717) is 22.5 Å². The number of anilines is 1. The van der Waals surface area contributed by atoms with Crippen LogP contribution in [0.25, 0.3) is 11.0 Å². The van der Waals surface area contributed by atoms with Gasteiger partial charge in [0.05, 0.1) is 21.0 Å². The maximum Gasteiger partial charge on any atom is 0.187 e. The minimum atomic E-state index is -3.56. The van der Waals surface area contributed by atoms with E-state index >= 15 is 0 Å². The molecule has 3 rings (SSSR count). The zero-order chi connectivity index (χ0) is 15.0. The highest BCUT2D eigenvalue weighted by Crippen LogP contribution is 2.24. The number of aromatic nitrogens is 2. The molecule has 0 amide bonds. The number of nitrogen functional groups attached to an aromatic ring is 1. The number of fused-ring (bicyclic) bond motifs is 1. The van der Waals surface area contributed by atoms with Crippen molar-refractivity contribution >= 4 is 38.2 Å². The van der Waals surface area contributed by atoms with E-state index in [4.69, 9.17) is 17.3 Å². The van der Waals surface area contributed by atoms with Gasteiger partial charge in [0, 0.05) is 5.69 Å². The Kier molecular flexibility index (Phi) is 3.35. The molecule has 0 fully saturated rings. The van der Waals surface area contributed by atoms with Crippen molar-refractivity contribution in [2.75, 3.05) is 5.73 Å². The van der Waals surface area contributed by atoms with Gasteiger partial charge in [-0.05, 0) is 30.3 Å². The molecule has 0 aliphatic carbocycles. The van der Waals surface area contributed by atoms with E-state index in [2.05, 4.69) is 9.97 Å². The fraction of sp³-hybridized carbons (Fsp3) is 0.0714. The van der Waals surface area contributed by atoms with E-state index in [9.17, 15) is 8.42 Å². The van der Waals surface area contributed by atoms with Gasteiger partial charge in [-0.15, -0.1) is 0 Å². The SMILES string of the molecule is Nc1ccc2nc(CS(=O)(=O)c3ccccc3Cl)[nH]c2c1. The lowest BCUT2D eigenvalue weighted by Gasteiger charge is -2.04. The van der Waals surface area contributed by atoms with Gasteiger partial charge in [0.15, 0.2) is 9.84 Å². The van der Waals surface area contributed by atoms with Gasteiger partial charge in [0.25, 0.3) is 0 Å². The third kappa shape index (κ3) is 2.72. The smallest absolute Gasteiger partial charge is 0.187 e. The lowest BCUT2D eigenvalue weighted by atomic mass is 10.3. The van der Waals surface area contributed by atoms with Crippen LogP contribution in [0.15, 0.2) is 47.4 Å². The van der Waals surface area contributed by atoms with Crippen LogP contribution in [0.3, 0.4) is 0 Å². The number of benzene rings is 2. The Balaban J connectivity index is 1.99. The predicted octanol–water partition coefficient (Wildman–Crippen LogP) is 2.77. The molecule has 0 saturated heterocycles. The molecule has 1 aromatic heterocycles. The van der Waals surface area contributed by atoms with Crippen molar-refractivity contribution in [3.8, 4) is 0 Å². The first-order valence-electron chi connectivity index (χ1n) is 6.17. The summed E-state index contributed by atoms with van der Waals surface area (Å²) in [4.78, 5) is 7.33. The lowest BCUT2D eigenvalue weighted by molar-refractivity contribution is 0.594. The molecule has 21 heavy (non-hydrogen) atoms. The van der Waals surface area contributed by atoms with Gasteiger partial charge in [-0.2, -0.15) is 0 Å². The Morgan fingerprint density at radius 1 is 1.19 bits per heavy atom. The minimum absolute atomic E-state index is 0.103. The summed E-state index contributed by atoms with van der Waals surface area (Å²) in [5.74, 6) is 0.112. The molecule has 3 aromatic rings. The second kappa shape index (κ2) is 5.05. The van der Waals surface area contributed by atoms with E-state index in [0.717, 1.165) is 0 Å². The number of sulfone groups is 1. The zero-order valence-electron chi connectivity index (χ0n) is 10.9. The second-order valence-corrected chi connectivity index (χ2v) is 7.01. The molecule has 0 saturated carbocycles. The molecule has 0 aliphatic heterocycles. The largest absolute Gasteiger partial charge is 0.399 e. The first kappa shape index (κ1) is 13.9. The molecule has 108 valence electrons. The van der Waals surface area contributed by atoms with E-state index < -0.39 is 9.84 Å². The molecule has 0 spiro atoms. The minimum Gasteiger partial charge on any atom is -0.399 e. The van der Waals surface area contributed by atoms with Crippen molar-refractivity contribution in [1.29, 1.82) is 0 Å². The molecule has 5 nitrogen and oxygen atoms in total. The molecule has 0 aliphatic rings. The van der Waals surface area contributed by atoms with E-state index in [1.165, 1.54) is 6.07 Å². The Bertz CT molecular complexity index is 919. The van der Waals surface area contributed by atoms with E-state index in [1.54, 1.807) is 36.4 Å². The van der Waals surface area contributed by atoms with Crippen molar-refractivity contribution in [3.63, 3.8) is 0 Å². The van der Waals surface area contributed by atoms with Gasteiger partial charge in [0.2, 0.25) is 0 Å². The predicted molar refractivity (Wildman–Crippen MR) is 82.8 cm³/mol. The van der Waals surface area contributed by atoms with Crippen LogP contribution < -0.4 is 5.73 Å². The van der Waals surface area contributed by atoms with Crippen molar-refractivity contribution in [2.45, 2.75) is 10.6 Å². The average molecular weight is 322 g/mol. The topological polar surface area (TPSA) is 88.8 Å². The Morgan fingerprint density at radius 3 is 2.71 bits per heavy atom. The lowest BCUT2D eigenvalue weighted by Crippen LogP contribution is -2.06. The number of nitrogens with two attached hydrogens (primary N) is 1. The first-order valence-corrected chi connectivity index (χ1v) is 8.20. The number of imidazole rings is 1. The maximum atomic E-state index is 12.4. The van der Waals surface area contributed by atoms with Crippen LogP contribution in [0.1, 0.15) is 5.82 Å². The van der Waals surface area contributed by atoms with Gasteiger partial charge in [-0.1, -0.05) is 23.7 Å². The second-order valence-electron chi connectivity index (χ2n) is 4.65. The normalized spacial score (nSPS) is 11.9. The number of nitrogens with one attached hydrogen (secondary N) is 1. The summed E-state index contributed by atoms with van der Waals surface area (Å²) in [6.07, 6.45) is 0. The summed E-state index contributed by atoms with van der Waals surface area (Å²) in [6.45, 7) is 0. The van der Waals surface area contributed by atoms with Crippen LogP contribution in [-0.4, -0.2) is 18.4 Å². The molecule has 0 radical (unpaired) electrons. The van der Waals surface area contributed by atoms with Gasteiger partial charge < -0.3 is 10.7 Å². The zero-order valence-corrected chi connectivity index (χ0v) is 12.4. The number of halogens is 1. The molecule has 0 atom stereocenters. The monoisotopic (exact) mass is 321 g/mol. The molecular formula is C14H12ClN3O2S. The van der Waals surface area contributed by atoms with Crippen LogP contribution in [0.2, 0.25) is 5.02 Å². The third-order valence-electron chi connectivity index (χ3n) is 3.05. The molecule has 2 aromatic carbocycles. The van der Waals surface area contributed by atoms with Crippen LogP contribution >= 0.6 is 11.6 Å². The number of hydrogen-bond donors (Lipinski definition) is 2. The summed E-state index contributed by atoms with van der Waals surface area (Å²) >= 11 is 5.95.